The van der Waals surface area contributed by atoms with Gasteiger partial charge in [0.1, 0.15) is 17.3 Å². The second-order valence-corrected chi connectivity index (χ2v) is 9.60. The molecule has 3 aromatic heterocycles. The fourth-order valence-corrected chi connectivity index (χ4v) is 4.89. The molecule has 0 spiro atoms. The lowest BCUT2D eigenvalue weighted by Gasteiger charge is -2.19. The number of pyridine rings is 2. The van der Waals surface area contributed by atoms with Crippen LogP contribution >= 0.6 is 0 Å². The minimum atomic E-state index is -0.356. The van der Waals surface area contributed by atoms with E-state index in [9.17, 15) is 9.18 Å². The van der Waals surface area contributed by atoms with E-state index in [0.29, 0.717) is 47.3 Å². The molecule has 1 atom stereocenters. The SMILES string of the molecule is CNC=Cc1c(-c2cnc3cc(F)ccn23)ccc(Nc2ccc(C3CCOC3)c(CN(C)C)n2)c1C=O. The van der Waals surface area contributed by atoms with Crippen molar-refractivity contribution in [2.45, 2.75) is 18.9 Å². The monoisotopic (exact) mass is 514 g/mol. The third kappa shape index (κ3) is 5.16. The van der Waals surface area contributed by atoms with Gasteiger partial charge in [0.2, 0.25) is 0 Å². The predicted octanol–water partition coefficient (Wildman–Crippen LogP) is 4.85. The Hall–Kier alpha value is -4.08. The molecule has 1 aliphatic rings. The summed E-state index contributed by atoms with van der Waals surface area (Å²) in [5, 5.41) is 6.37. The first-order chi connectivity index (χ1) is 18.5. The van der Waals surface area contributed by atoms with E-state index in [2.05, 4.69) is 26.6 Å². The number of nitrogens with one attached hydrogen (secondary N) is 2. The fraction of sp³-hybridized carbons (Fsp3) is 0.276. The molecule has 5 rings (SSSR count). The second-order valence-electron chi connectivity index (χ2n) is 9.60. The zero-order chi connectivity index (χ0) is 26.6. The Bertz CT molecular complexity index is 1490. The Kier molecular flexibility index (Phi) is 7.48. The molecule has 0 saturated carbocycles. The van der Waals surface area contributed by atoms with Crippen molar-refractivity contribution in [3.63, 3.8) is 0 Å². The summed E-state index contributed by atoms with van der Waals surface area (Å²) in [6, 6.07) is 10.6. The topological polar surface area (TPSA) is 83.8 Å². The molecule has 196 valence electrons. The van der Waals surface area contributed by atoms with Gasteiger partial charge < -0.3 is 20.3 Å². The van der Waals surface area contributed by atoms with Crippen LogP contribution in [0.1, 0.15) is 39.5 Å². The Morgan fingerprint density at radius 1 is 1.21 bits per heavy atom. The third-order valence-corrected chi connectivity index (χ3v) is 6.68. The summed E-state index contributed by atoms with van der Waals surface area (Å²) in [6.45, 7) is 2.18. The molecule has 0 aliphatic carbocycles. The van der Waals surface area contributed by atoms with Crippen LogP contribution in [0.3, 0.4) is 0 Å². The van der Waals surface area contributed by atoms with Crippen LogP contribution < -0.4 is 10.6 Å². The molecule has 1 aliphatic heterocycles. The number of hydrogen-bond donors (Lipinski definition) is 2. The molecule has 4 heterocycles. The van der Waals surface area contributed by atoms with Crippen molar-refractivity contribution in [3.05, 3.63) is 83.2 Å². The van der Waals surface area contributed by atoms with Gasteiger partial charge >= 0.3 is 0 Å². The first kappa shape index (κ1) is 25.6. The smallest absolute Gasteiger partial charge is 0.152 e. The fourth-order valence-electron chi connectivity index (χ4n) is 4.89. The van der Waals surface area contributed by atoms with Crippen LogP contribution in [0.25, 0.3) is 23.0 Å². The lowest BCUT2D eigenvalue weighted by atomic mass is 9.96. The number of halogens is 1. The summed E-state index contributed by atoms with van der Waals surface area (Å²) in [7, 11) is 5.84. The van der Waals surface area contributed by atoms with Crippen molar-refractivity contribution in [3.8, 4) is 11.3 Å². The third-order valence-electron chi connectivity index (χ3n) is 6.68. The van der Waals surface area contributed by atoms with Crippen LogP contribution in [0.15, 0.2) is 55.0 Å². The van der Waals surface area contributed by atoms with Gasteiger partial charge in [0.15, 0.2) is 6.29 Å². The van der Waals surface area contributed by atoms with Crippen LogP contribution in [-0.4, -0.2) is 59.9 Å². The van der Waals surface area contributed by atoms with E-state index in [1.165, 1.54) is 17.7 Å². The molecule has 0 radical (unpaired) electrons. The lowest BCUT2D eigenvalue weighted by Crippen LogP contribution is -2.16. The molecular weight excluding hydrogens is 483 g/mol. The van der Waals surface area contributed by atoms with Crippen molar-refractivity contribution in [2.24, 2.45) is 0 Å². The van der Waals surface area contributed by atoms with Crippen molar-refractivity contribution in [1.29, 1.82) is 0 Å². The number of carbonyl (C=O) groups excluding carboxylic acids is 1. The first-order valence-electron chi connectivity index (χ1n) is 12.6. The molecule has 0 bridgehead atoms. The van der Waals surface area contributed by atoms with Crippen molar-refractivity contribution >= 4 is 29.5 Å². The van der Waals surface area contributed by atoms with Crippen molar-refractivity contribution < 1.29 is 13.9 Å². The number of carbonyl (C=O) groups is 1. The van der Waals surface area contributed by atoms with E-state index >= 15 is 0 Å². The molecule has 8 nitrogen and oxygen atoms in total. The molecule has 9 heteroatoms. The molecule has 1 aromatic carbocycles. The zero-order valence-electron chi connectivity index (χ0n) is 21.7. The minimum Gasteiger partial charge on any atom is -0.394 e. The molecule has 1 saturated heterocycles. The summed E-state index contributed by atoms with van der Waals surface area (Å²) >= 11 is 0. The maximum absolute atomic E-state index is 13.7. The number of anilines is 2. The summed E-state index contributed by atoms with van der Waals surface area (Å²) in [5.41, 5.74) is 6.06. The van der Waals surface area contributed by atoms with Crippen molar-refractivity contribution in [1.82, 2.24) is 24.6 Å². The lowest BCUT2D eigenvalue weighted by molar-refractivity contribution is 0.112. The van der Waals surface area contributed by atoms with Gasteiger partial charge in [-0.1, -0.05) is 12.1 Å². The number of aldehydes is 1. The number of imidazole rings is 1. The van der Waals surface area contributed by atoms with E-state index in [4.69, 9.17) is 9.72 Å². The second kappa shape index (κ2) is 11.1. The number of nitrogens with zero attached hydrogens (tertiary/aromatic N) is 4. The van der Waals surface area contributed by atoms with Gasteiger partial charge in [0.25, 0.3) is 0 Å². The van der Waals surface area contributed by atoms with Gasteiger partial charge in [-0.3, -0.25) is 9.20 Å². The molecule has 1 fully saturated rings. The highest BCUT2D eigenvalue weighted by Gasteiger charge is 2.22. The molecule has 0 amide bonds. The quantitative estimate of drug-likeness (QED) is 0.309. The van der Waals surface area contributed by atoms with Crippen LogP contribution in [0.2, 0.25) is 0 Å². The minimum absolute atomic E-state index is 0.341. The predicted molar refractivity (Wildman–Crippen MR) is 147 cm³/mol. The highest BCUT2D eigenvalue weighted by molar-refractivity contribution is 5.95. The van der Waals surface area contributed by atoms with Crippen LogP contribution in [-0.2, 0) is 11.3 Å². The van der Waals surface area contributed by atoms with Gasteiger partial charge in [-0.05, 0) is 62.1 Å². The summed E-state index contributed by atoms with van der Waals surface area (Å²) in [5.74, 6) is 0.647. The number of ether oxygens (including phenoxy) is 1. The van der Waals surface area contributed by atoms with Gasteiger partial charge in [0, 0.05) is 49.5 Å². The number of rotatable bonds is 9. The van der Waals surface area contributed by atoms with Crippen LogP contribution in [0, 0.1) is 5.82 Å². The number of fused-ring (bicyclic) bond motifs is 1. The average Bonchev–Trinajstić information content (AvgIpc) is 3.57. The van der Waals surface area contributed by atoms with Gasteiger partial charge in [-0.2, -0.15) is 0 Å². The number of benzene rings is 1. The van der Waals surface area contributed by atoms with Gasteiger partial charge in [-0.15, -0.1) is 0 Å². The summed E-state index contributed by atoms with van der Waals surface area (Å²) < 4.78 is 21.2. The Morgan fingerprint density at radius 2 is 2.08 bits per heavy atom. The maximum atomic E-state index is 13.7. The van der Waals surface area contributed by atoms with Crippen molar-refractivity contribution in [2.75, 3.05) is 39.7 Å². The highest BCUT2D eigenvalue weighted by atomic mass is 19.1. The number of hydrogen-bond acceptors (Lipinski definition) is 7. The highest BCUT2D eigenvalue weighted by Crippen LogP contribution is 2.34. The zero-order valence-corrected chi connectivity index (χ0v) is 21.7. The first-order valence-corrected chi connectivity index (χ1v) is 12.6. The summed E-state index contributed by atoms with van der Waals surface area (Å²) in [4.78, 5) is 23.9. The standard InChI is InChI=1S/C29H31FN6O2/c1-31-11-8-22-23(27-15-32-29-14-20(30)9-12-36(27)29)4-6-25(24(22)17-37)33-28-7-5-21(19-10-13-38-18-19)26(34-28)16-35(2)3/h4-9,11-12,14-15,17,19,31H,10,13,16,18H2,1-3H3,(H,33,34). The maximum Gasteiger partial charge on any atom is 0.152 e. The van der Waals surface area contributed by atoms with Gasteiger partial charge in [0.05, 0.1) is 29.9 Å². The van der Waals surface area contributed by atoms with Crippen LogP contribution in [0.4, 0.5) is 15.9 Å². The van der Waals surface area contributed by atoms with E-state index in [1.807, 2.05) is 38.4 Å². The van der Waals surface area contributed by atoms with Gasteiger partial charge in [-0.25, -0.2) is 14.4 Å². The molecular formula is C29H31FN6O2. The van der Waals surface area contributed by atoms with E-state index in [1.54, 1.807) is 30.0 Å². The van der Waals surface area contributed by atoms with Crippen LogP contribution in [0.5, 0.6) is 0 Å². The Balaban J connectivity index is 1.56. The number of aromatic nitrogens is 3. The Labute approximate surface area is 221 Å². The largest absolute Gasteiger partial charge is 0.394 e. The normalized spacial score (nSPS) is 15.6. The van der Waals surface area contributed by atoms with E-state index in [-0.39, 0.29) is 5.82 Å². The van der Waals surface area contributed by atoms with E-state index < -0.39 is 0 Å². The molecule has 2 N–H and O–H groups in total. The Morgan fingerprint density at radius 3 is 2.82 bits per heavy atom. The molecule has 4 aromatic rings. The molecule has 38 heavy (non-hydrogen) atoms. The van der Waals surface area contributed by atoms with E-state index in [0.717, 1.165) is 36.3 Å². The average molecular weight is 515 g/mol. The summed E-state index contributed by atoms with van der Waals surface area (Å²) in [6.07, 6.45) is 8.77. The molecule has 1 unspecified atom stereocenters.